The molecule has 1 aliphatic carbocycles. The van der Waals surface area contributed by atoms with Gasteiger partial charge in [-0.3, -0.25) is 9.78 Å². The van der Waals surface area contributed by atoms with Gasteiger partial charge in [-0.1, -0.05) is 6.07 Å². The number of rotatable bonds is 6. The summed E-state index contributed by atoms with van der Waals surface area (Å²) in [5.41, 5.74) is 3.23. The molecule has 1 amide bonds. The molecule has 4 rings (SSSR count). The van der Waals surface area contributed by atoms with Gasteiger partial charge >= 0.3 is 0 Å². The lowest BCUT2D eigenvalue weighted by atomic mass is 9.96. The zero-order chi connectivity index (χ0) is 19.5. The number of ether oxygens (including phenoxy) is 1. The van der Waals surface area contributed by atoms with E-state index in [0.717, 1.165) is 35.1 Å². The first kappa shape index (κ1) is 18.5. The summed E-state index contributed by atoms with van der Waals surface area (Å²) in [5.74, 6) is 1.78. The van der Waals surface area contributed by atoms with Crippen LogP contribution in [0.25, 0.3) is 11.0 Å². The van der Waals surface area contributed by atoms with Crippen molar-refractivity contribution in [3.63, 3.8) is 0 Å². The van der Waals surface area contributed by atoms with Gasteiger partial charge in [-0.2, -0.15) is 0 Å². The molecule has 0 bridgehead atoms. The third-order valence-corrected chi connectivity index (χ3v) is 5.58. The molecule has 5 nitrogen and oxygen atoms in total. The fourth-order valence-electron chi connectivity index (χ4n) is 4.03. The van der Waals surface area contributed by atoms with Crippen LogP contribution in [0.4, 0.5) is 0 Å². The molecule has 1 unspecified atom stereocenters. The standard InChI is InChI=1S/C23H26N2O3/c1-3-25(16(2)17-7-6-12-24-14-17)23(26)15-27-18-10-11-22-20(13-18)19-8-4-5-9-21(19)28-22/h6-7,10-14,16H,3-5,8-9,15H2,1-2H3. The second kappa shape index (κ2) is 8.05. The summed E-state index contributed by atoms with van der Waals surface area (Å²) in [5, 5.41) is 1.12. The number of carbonyl (C=O) groups excluding carboxylic acids is 1. The van der Waals surface area contributed by atoms with Crippen molar-refractivity contribution in [3.8, 4) is 5.75 Å². The molecule has 1 atom stereocenters. The molecule has 5 heteroatoms. The van der Waals surface area contributed by atoms with Crippen LogP contribution in [0.2, 0.25) is 0 Å². The maximum Gasteiger partial charge on any atom is 0.260 e. The molecule has 1 aromatic carbocycles. The van der Waals surface area contributed by atoms with Gasteiger partial charge in [0.2, 0.25) is 0 Å². The van der Waals surface area contributed by atoms with Gasteiger partial charge < -0.3 is 14.1 Å². The summed E-state index contributed by atoms with van der Waals surface area (Å²) in [6.07, 6.45) is 7.99. The number of aryl methyl sites for hydroxylation is 2. The van der Waals surface area contributed by atoms with Crippen LogP contribution < -0.4 is 4.74 Å². The lowest BCUT2D eigenvalue weighted by Gasteiger charge is -2.28. The normalized spacial score (nSPS) is 14.5. The smallest absolute Gasteiger partial charge is 0.260 e. The Kier molecular flexibility index (Phi) is 5.33. The zero-order valence-corrected chi connectivity index (χ0v) is 16.5. The highest BCUT2D eigenvalue weighted by atomic mass is 16.5. The fraction of sp³-hybridized carbons (Fsp3) is 0.391. The van der Waals surface area contributed by atoms with Crippen LogP contribution in [0.15, 0.2) is 47.1 Å². The number of amides is 1. The molecule has 0 saturated carbocycles. The van der Waals surface area contributed by atoms with Crippen molar-refractivity contribution in [2.45, 2.75) is 45.6 Å². The van der Waals surface area contributed by atoms with Gasteiger partial charge in [0.15, 0.2) is 6.61 Å². The van der Waals surface area contributed by atoms with E-state index in [4.69, 9.17) is 9.15 Å². The Morgan fingerprint density at radius 3 is 2.93 bits per heavy atom. The number of benzene rings is 1. The average Bonchev–Trinajstić information content (AvgIpc) is 3.11. The monoisotopic (exact) mass is 378 g/mol. The Labute approximate surface area is 165 Å². The maximum absolute atomic E-state index is 12.8. The van der Waals surface area contributed by atoms with Crippen molar-refractivity contribution in [1.82, 2.24) is 9.88 Å². The van der Waals surface area contributed by atoms with Gasteiger partial charge in [0.25, 0.3) is 5.91 Å². The Bertz CT molecular complexity index is 965. The van der Waals surface area contributed by atoms with Crippen LogP contribution in [0.1, 0.15) is 49.6 Å². The molecule has 0 radical (unpaired) electrons. The van der Waals surface area contributed by atoms with E-state index in [1.807, 2.05) is 49.1 Å². The third-order valence-electron chi connectivity index (χ3n) is 5.58. The maximum atomic E-state index is 12.8. The van der Waals surface area contributed by atoms with Crippen molar-refractivity contribution in [1.29, 1.82) is 0 Å². The number of fused-ring (bicyclic) bond motifs is 3. The lowest BCUT2D eigenvalue weighted by molar-refractivity contribution is -0.135. The van der Waals surface area contributed by atoms with Gasteiger partial charge in [-0.05, 0) is 62.9 Å². The Morgan fingerprint density at radius 2 is 2.14 bits per heavy atom. The van der Waals surface area contributed by atoms with Crippen LogP contribution in [0, 0.1) is 0 Å². The number of furan rings is 1. The van der Waals surface area contributed by atoms with Gasteiger partial charge in [0.05, 0.1) is 6.04 Å². The van der Waals surface area contributed by atoms with Gasteiger partial charge in [-0.15, -0.1) is 0 Å². The van der Waals surface area contributed by atoms with E-state index < -0.39 is 0 Å². The van der Waals surface area contributed by atoms with Gasteiger partial charge in [-0.25, -0.2) is 0 Å². The summed E-state index contributed by atoms with van der Waals surface area (Å²) in [6.45, 7) is 4.63. The topological polar surface area (TPSA) is 55.6 Å². The van der Waals surface area contributed by atoms with Crippen LogP contribution in [0.5, 0.6) is 5.75 Å². The first-order chi connectivity index (χ1) is 13.7. The van der Waals surface area contributed by atoms with Crippen molar-refractivity contribution in [3.05, 3.63) is 59.6 Å². The number of likely N-dealkylation sites (N-methyl/N-ethyl adjacent to an activating group) is 1. The van der Waals surface area contributed by atoms with Gasteiger partial charge in [0, 0.05) is 36.3 Å². The molecule has 0 spiro atoms. The molecule has 0 N–H and O–H groups in total. The molecule has 3 aromatic rings. The summed E-state index contributed by atoms with van der Waals surface area (Å²) in [7, 11) is 0. The van der Waals surface area contributed by atoms with Crippen molar-refractivity contribution >= 4 is 16.9 Å². The largest absolute Gasteiger partial charge is 0.484 e. The fourth-order valence-corrected chi connectivity index (χ4v) is 4.03. The molecule has 0 aliphatic heterocycles. The number of hydrogen-bond donors (Lipinski definition) is 0. The molecule has 0 saturated heterocycles. The second-order valence-electron chi connectivity index (χ2n) is 7.30. The predicted octanol–water partition coefficient (Wildman–Crippen LogP) is 4.70. The molecular weight excluding hydrogens is 352 g/mol. The highest BCUT2D eigenvalue weighted by Crippen LogP contribution is 2.34. The van der Waals surface area contributed by atoms with E-state index in [1.54, 1.807) is 12.4 Å². The summed E-state index contributed by atoms with van der Waals surface area (Å²) in [4.78, 5) is 18.7. The number of carbonyl (C=O) groups is 1. The highest BCUT2D eigenvalue weighted by molar-refractivity contribution is 5.84. The summed E-state index contributed by atoms with van der Waals surface area (Å²) >= 11 is 0. The van der Waals surface area contributed by atoms with Crippen LogP contribution >= 0.6 is 0 Å². The van der Waals surface area contributed by atoms with E-state index in [-0.39, 0.29) is 18.6 Å². The van der Waals surface area contributed by atoms with E-state index in [0.29, 0.717) is 12.3 Å². The number of hydrogen-bond acceptors (Lipinski definition) is 4. The SMILES string of the molecule is CCN(C(=O)COc1ccc2oc3c(c2c1)CCCC3)C(C)c1cccnc1. The molecule has 2 heterocycles. The van der Waals surface area contributed by atoms with Crippen LogP contribution in [-0.4, -0.2) is 28.9 Å². The first-order valence-corrected chi connectivity index (χ1v) is 10.0. The van der Waals surface area contributed by atoms with E-state index >= 15 is 0 Å². The quantitative estimate of drug-likeness (QED) is 0.624. The van der Waals surface area contributed by atoms with Crippen molar-refractivity contribution < 1.29 is 13.9 Å². The summed E-state index contributed by atoms with van der Waals surface area (Å²) in [6, 6.07) is 9.68. The van der Waals surface area contributed by atoms with E-state index in [9.17, 15) is 4.79 Å². The van der Waals surface area contributed by atoms with Crippen molar-refractivity contribution in [2.75, 3.05) is 13.2 Å². The second-order valence-corrected chi connectivity index (χ2v) is 7.30. The number of nitrogens with zero attached hydrogens (tertiary/aromatic N) is 2. The Hall–Kier alpha value is -2.82. The average molecular weight is 378 g/mol. The minimum atomic E-state index is -0.0434. The van der Waals surface area contributed by atoms with E-state index in [1.165, 1.54) is 18.4 Å². The molecule has 28 heavy (non-hydrogen) atoms. The minimum absolute atomic E-state index is 0.0178. The minimum Gasteiger partial charge on any atom is -0.484 e. The molecule has 0 fully saturated rings. The highest BCUT2D eigenvalue weighted by Gasteiger charge is 2.21. The van der Waals surface area contributed by atoms with Crippen molar-refractivity contribution in [2.24, 2.45) is 0 Å². The predicted molar refractivity (Wildman–Crippen MR) is 108 cm³/mol. The number of aromatic nitrogens is 1. The number of pyridine rings is 1. The third kappa shape index (κ3) is 3.61. The molecular formula is C23H26N2O3. The molecule has 1 aliphatic rings. The van der Waals surface area contributed by atoms with Crippen LogP contribution in [-0.2, 0) is 17.6 Å². The molecule has 146 valence electrons. The van der Waals surface area contributed by atoms with Gasteiger partial charge in [0.1, 0.15) is 17.1 Å². The Balaban J connectivity index is 1.46. The first-order valence-electron chi connectivity index (χ1n) is 10.0. The van der Waals surface area contributed by atoms with Crippen LogP contribution in [0.3, 0.4) is 0 Å². The zero-order valence-electron chi connectivity index (χ0n) is 16.5. The Morgan fingerprint density at radius 1 is 1.29 bits per heavy atom. The van der Waals surface area contributed by atoms with E-state index in [2.05, 4.69) is 4.98 Å². The molecule has 2 aromatic heterocycles. The lowest BCUT2D eigenvalue weighted by Crippen LogP contribution is -2.36. The summed E-state index contributed by atoms with van der Waals surface area (Å²) < 4.78 is 11.8.